The van der Waals surface area contributed by atoms with Gasteiger partial charge in [0.15, 0.2) is 0 Å². The highest BCUT2D eigenvalue weighted by atomic mass is 19.1. The van der Waals surface area contributed by atoms with Crippen LogP contribution in [-0.2, 0) is 11.8 Å². The van der Waals surface area contributed by atoms with E-state index in [4.69, 9.17) is 4.74 Å². The first-order chi connectivity index (χ1) is 14.5. The monoisotopic (exact) mass is 412 g/mol. The predicted octanol–water partition coefficient (Wildman–Crippen LogP) is 3.03. The van der Waals surface area contributed by atoms with Gasteiger partial charge in [-0.05, 0) is 19.1 Å². The van der Waals surface area contributed by atoms with Crippen LogP contribution in [0, 0.1) is 6.92 Å². The number of rotatable bonds is 3. The van der Waals surface area contributed by atoms with Gasteiger partial charge in [0, 0.05) is 69.5 Å². The molecule has 0 aromatic carbocycles. The number of nitrogens with zero attached hydrogens (tertiary/aromatic N) is 5. The summed E-state index contributed by atoms with van der Waals surface area (Å²) in [6.45, 7) is 4.53. The maximum atomic E-state index is 12.9. The van der Waals surface area contributed by atoms with E-state index in [1.165, 1.54) is 0 Å². The van der Waals surface area contributed by atoms with Gasteiger partial charge in [-0.2, -0.15) is 0 Å². The number of anilines is 1. The van der Waals surface area contributed by atoms with Crippen LogP contribution in [0.5, 0.6) is 0 Å². The lowest BCUT2D eigenvalue weighted by atomic mass is 9.94. The molecule has 1 saturated heterocycles. The average Bonchev–Trinajstić information content (AvgIpc) is 3.30. The Labute approximate surface area is 173 Å². The van der Waals surface area contributed by atoms with Crippen molar-refractivity contribution >= 4 is 22.8 Å². The Hall–Kier alpha value is -3.10. The SMILES string of the molecule is Cc1nc(-c2cc3c(N4CCN(C(=O)O[C@H]5C[C@@H](F)C5)CC4)ccnc3[nH]2)cn1C. The van der Waals surface area contributed by atoms with Gasteiger partial charge in [-0.3, -0.25) is 0 Å². The molecule has 8 nitrogen and oxygen atoms in total. The largest absolute Gasteiger partial charge is 0.446 e. The number of halogens is 1. The minimum absolute atomic E-state index is 0.265. The molecule has 158 valence electrons. The third kappa shape index (κ3) is 3.38. The molecule has 1 aliphatic carbocycles. The minimum Gasteiger partial charge on any atom is -0.446 e. The standard InChI is InChI=1S/C21H25FN6O2/c1-13-24-18(12-26(13)2)17-11-16-19(3-4-23-20(16)25-17)27-5-7-28(8-6-27)21(29)30-15-9-14(22)10-15/h3-4,11-12,14-15H,5-10H2,1-2H3,(H,23,25)/t14-,15+. The van der Waals surface area contributed by atoms with E-state index in [1.54, 1.807) is 11.1 Å². The van der Waals surface area contributed by atoms with Crippen molar-refractivity contribution in [1.82, 2.24) is 24.4 Å². The Morgan fingerprint density at radius 1 is 1.27 bits per heavy atom. The zero-order valence-corrected chi connectivity index (χ0v) is 17.1. The number of aromatic nitrogens is 4. The number of carbonyl (C=O) groups excluding carboxylic acids is 1. The number of aromatic amines is 1. The van der Waals surface area contributed by atoms with E-state index in [2.05, 4.69) is 25.9 Å². The first-order valence-electron chi connectivity index (χ1n) is 10.3. The van der Waals surface area contributed by atoms with E-state index in [1.807, 2.05) is 30.8 Å². The molecule has 3 aromatic heterocycles. The molecular formula is C21H25FN6O2. The number of imidazole rings is 1. The molecule has 5 rings (SSSR count). The van der Waals surface area contributed by atoms with Gasteiger partial charge in [0.2, 0.25) is 0 Å². The Kier molecular flexibility index (Phi) is 4.60. The van der Waals surface area contributed by atoms with Crippen LogP contribution in [0.4, 0.5) is 14.9 Å². The number of aryl methyl sites for hydroxylation is 2. The molecule has 1 N–H and O–H groups in total. The van der Waals surface area contributed by atoms with Gasteiger partial charge in [0.1, 0.15) is 29.4 Å². The number of carbonyl (C=O) groups is 1. The first-order valence-corrected chi connectivity index (χ1v) is 10.3. The molecule has 3 aromatic rings. The van der Waals surface area contributed by atoms with E-state index in [9.17, 15) is 9.18 Å². The summed E-state index contributed by atoms with van der Waals surface area (Å²) >= 11 is 0. The number of fused-ring (bicyclic) bond motifs is 1. The van der Waals surface area contributed by atoms with Gasteiger partial charge < -0.3 is 24.1 Å². The molecule has 2 fully saturated rings. The molecule has 30 heavy (non-hydrogen) atoms. The van der Waals surface area contributed by atoms with Crippen LogP contribution >= 0.6 is 0 Å². The lowest BCUT2D eigenvalue weighted by molar-refractivity contribution is -0.0132. The highest BCUT2D eigenvalue weighted by Gasteiger charge is 2.34. The van der Waals surface area contributed by atoms with Crippen molar-refractivity contribution < 1.29 is 13.9 Å². The Balaban J connectivity index is 1.30. The lowest BCUT2D eigenvalue weighted by Crippen LogP contribution is -2.50. The molecule has 1 saturated carbocycles. The van der Waals surface area contributed by atoms with Gasteiger partial charge >= 0.3 is 6.09 Å². The number of hydrogen-bond acceptors (Lipinski definition) is 5. The molecule has 0 atom stereocenters. The third-order valence-electron chi connectivity index (χ3n) is 6.08. The molecule has 1 amide bonds. The van der Waals surface area contributed by atoms with Crippen LogP contribution in [0.3, 0.4) is 0 Å². The van der Waals surface area contributed by atoms with Gasteiger partial charge in [-0.25, -0.2) is 19.2 Å². The number of pyridine rings is 1. The number of amides is 1. The van der Waals surface area contributed by atoms with Crippen molar-refractivity contribution in [2.75, 3.05) is 31.1 Å². The van der Waals surface area contributed by atoms with Crippen LogP contribution in [0.15, 0.2) is 24.5 Å². The molecule has 4 heterocycles. The van der Waals surface area contributed by atoms with E-state index >= 15 is 0 Å². The molecule has 0 spiro atoms. The number of alkyl halides is 1. The molecule has 9 heteroatoms. The third-order valence-corrected chi connectivity index (χ3v) is 6.08. The quantitative estimate of drug-likeness (QED) is 0.715. The summed E-state index contributed by atoms with van der Waals surface area (Å²) in [6.07, 6.45) is 3.03. The number of hydrogen-bond donors (Lipinski definition) is 1. The predicted molar refractivity (Wildman–Crippen MR) is 111 cm³/mol. The van der Waals surface area contributed by atoms with Crippen molar-refractivity contribution in [2.24, 2.45) is 7.05 Å². The summed E-state index contributed by atoms with van der Waals surface area (Å²) in [6, 6.07) is 4.09. The van der Waals surface area contributed by atoms with E-state index in [0.29, 0.717) is 39.0 Å². The highest BCUT2D eigenvalue weighted by Crippen LogP contribution is 2.31. The second-order valence-electron chi connectivity index (χ2n) is 8.11. The van der Waals surface area contributed by atoms with Gasteiger partial charge in [-0.1, -0.05) is 0 Å². The first kappa shape index (κ1) is 18.9. The summed E-state index contributed by atoms with van der Waals surface area (Å²) in [5.41, 5.74) is 3.72. The van der Waals surface area contributed by atoms with Crippen LogP contribution in [0.25, 0.3) is 22.4 Å². The molecule has 0 unspecified atom stereocenters. The lowest BCUT2D eigenvalue weighted by Gasteiger charge is -2.37. The minimum atomic E-state index is -0.824. The molecule has 0 bridgehead atoms. The van der Waals surface area contributed by atoms with Crippen molar-refractivity contribution in [3.63, 3.8) is 0 Å². The fraction of sp³-hybridized carbons (Fsp3) is 0.476. The van der Waals surface area contributed by atoms with Crippen molar-refractivity contribution in [3.8, 4) is 11.4 Å². The number of piperazine rings is 1. The maximum Gasteiger partial charge on any atom is 0.410 e. The van der Waals surface area contributed by atoms with Gasteiger partial charge in [-0.15, -0.1) is 0 Å². The summed E-state index contributed by atoms with van der Waals surface area (Å²) < 4.78 is 20.3. The van der Waals surface area contributed by atoms with Gasteiger partial charge in [0.05, 0.1) is 5.69 Å². The molecular weight excluding hydrogens is 387 g/mol. The summed E-state index contributed by atoms with van der Waals surface area (Å²) in [5.74, 6) is 0.948. The normalized spacial score (nSPS) is 21.7. The summed E-state index contributed by atoms with van der Waals surface area (Å²) in [4.78, 5) is 28.7. The Morgan fingerprint density at radius 2 is 2.03 bits per heavy atom. The second-order valence-corrected chi connectivity index (χ2v) is 8.11. The molecule has 2 aliphatic rings. The zero-order chi connectivity index (χ0) is 20.8. The molecule has 0 radical (unpaired) electrons. The van der Waals surface area contributed by atoms with Crippen molar-refractivity contribution in [2.45, 2.75) is 32.0 Å². The van der Waals surface area contributed by atoms with Crippen molar-refractivity contribution in [3.05, 3.63) is 30.4 Å². The number of ether oxygens (including phenoxy) is 1. The van der Waals surface area contributed by atoms with Crippen LogP contribution in [0.2, 0.25) is 0 Å². The summed E-state index contributed by atoms with van der Waals surface area (Å²) in [7, 11) is 1.98. The van der Waals surface area contributed by atoms with Crippen LogP contribution in [0.1, 0.15) is 18.7 Å². The smallest absolute Gasteiger partial charge is 0.410 e. The maximum absolute atomic E-state index is 12.9. The van der Waals surface area contributed by atoms with Crippen LogP contribution < -0.4 is 4.90 Å². The molecule has 1 aliphatic heterocycles. The van der Waals surface area contributed by atoms with Gasteiger partial charge in [0.25, 0.3) is 0 Å². The van der Waals surface area contributed by atoms with E-state index < -0.39 is 6.17 Å². The van der Waals surface area contributed by atoms with E-state index in [-0.39, 0.29) is 12.2 Å². The summed E-state index contributed by atoms with van der Waals surface area (Å²) in [5, 5.41) is 1.04. The Bertz CT molecular complexity index is 1060. The zero-order valence-electron chi connectivity index (χ0n) is 17.1. The fourth-order valence-electron chi connectivity index (χ4n) is 4.06. The van der Waals surface area contributed by atoms with Crippen LogP contribution in [-0.4, -0.2) is 69.0 Å². The van der Waals surface area contributed by atoms with E-state index in [0.717, 1.165) is 33.9 Å². The highest BCUT2D eigenvalue weighted by molar-refractivity contribution is 5.93. The number of H-pyrrole nitrogens is 1. The fourth-order valence-corrected chi connectivity index (χ4v) is 4.06. The second kappa shape index (κ2) is 7.30. The average molecular weight is 412 g/mol. The Morgan fingerprint density at radius 3 is 2.70 bits per heavy atom. The van der Waals surface area contributed by atoms with Crippen molar-refractivity contribution in [1.29, 1.82) is 0 Å². The topological polar surface area (TPSA) is 79.3 Å². The number of nitrogens with one attached hydrogen (secondary N) is 1.